The second-order valence-electron chi connectivity index (χ2n) is 3.38. The molecule has 1 aromatic heterocycles. The van der Waals surface area contributed by atoms with E-state index >= 15 is 0 Å². The highest BCUT2D eigenvalue weighted by Crippen LogP contribution is 2.14. The fourth-order valence-corrected chi connectivity index (χ4v) is 1.51. The Kier molecular flexibility index (Phi) is 2.96. The van der Waals surface area contributed by atoms with Gasteiger partial charge in [-0.2, -0.15) is 5.10 Å². The average Bonchev–Trinajstić information content (AvgIpc) is 2.71. The molecule has 5 heteroatoms. The Morgan fingerprint density at radius 1 is 1.19 bits per heavy atom. The summed E-state index contributed by atoms with van der Waals surface area (Å²) in [5.41, 5.74) is 6.22. The zero-order valence-electron chi connectivity index (χ0n) is 8.53. The maximum atomic E-state index is 13.4. The Balaban J connectivity index is 2.34. The van der Waals surface area contributed by atoms with Crippen molar-refractivity contribution in [2.24, 2.45) is 5.73 Å². The van der Waals surface area contributed by atoms with Crippen LogP contribution in [0.2, 0.25) is 0 Å². The van der Waals surface area contributed by atoms with Gasteiger partial charge in [-0.15, -0.1) is 0 Å². The Bertz CT molecular complexity index is 473. The van der Waals surface area contributed by atoms with Crippen LogP contribution in [0.25, 0.3) is 0 Å². The molecule has 2 N–H and O–H groups in total. The molecule has 2 rings (SSSR count). The molecule has 2 aromatic rings. The van der Waals surface area contributed by atoms with E-state index < -0.39 is 11.6 Å². The second kappa shape index (κ2) is 4.40. The average molecular weight is 223 g/mol. The molecule has 0 aliphatic carbocycles. The van der Waals surface area contributed by atoms with Gasteiger partial charge in [-0.05, 0) is 18.2 Å². The van der Waals surface area contributed by atoms with Crippen LogP contribution in [0.5, 0.6) is 0 Å². The van der Waals surface area contributed by atoms with E-state index in [-0.39, 0.29) is 18.7 Å². The van der Waals surface area contributed by atoms with E-state index in [0.717, 1.165) is 5.69 Å². The lowest BCUT2D eigenvalue weighted by Crippen LogP contribution is -2.11. The van der Waals surface area contributed by atoms with Gasteiger partial charge in [-0.1, -0.05) is 6.07 Å². The molecule has 84 valence electrons. The largest absolute Gasteiger partial charge is 0.325 e. The number of hydrogen-bond acceptors (Lipinski definition) is 2. The van der Waals surface area contributed by atoms with Crippen molar-refractivity contribution in [3.05, 3.63) is 53.4 Å². The second-order valence-corrected chi connectivity index (χ2v) is 3.38. The lowest BCUT2D eigenvalue weighted by molar-refractivity contribution is 0.526. The number of halogens is 2. The van der Waals surface area contributed by atoms with E-state index in [0.29, 0.717) is 0 Å². The molecule has 0 spiro atoms. The summed E-state index contributed by atoms with van der Waals surface area (Å²) in [6.07, 6.45) is 1.56. The molecular formula is C11H11F2N3. The molecule has 1 heterocycles. The topological polar surface area (TPSA) is 43.8 Å². The monoisotopic (exact) mass is 223 g/mol. The number of rotatable bonds is 3. The summed E-state index contributed by atoms with van der Waals surface area (Å²) in [5.74, 6) is -1.14. The van der Waals surface area contributed by atoms with Crippen molar-refractivity contribution < 1.29 is 8.78 Å². The molecule has 1 aromatic carbocycles. The van der Waals surface area contributed by atoms with Gasteiger partial charge in [0.2, 0.25) is 0 Å². The van der Waals surface area contributed by atoms with Crippen molar-refractivity contribution in [2.45, 2.75) is 13.1 Å². The minimum atomic E-state index is -0.571. The molecule has 0 aliphatic rings. The number of aromatic nitrogens is 2. The van der Waals surface area contributed by atoms with E-state index in [1.807, 2.05) is 0 Å². The van der Waals surface area contributed by atoms with E-state index in [4.69, 9.17) is 5.73 Å². The van der Waals surface area contributed by atoms with Gasteiger partial charge in [-0.3, -0.25) is 4.68 Å². The van der Waals surface area contributed by atoms with Gasteiger partial charge in [0.05, 0.1) is 12.2 Å². The molecule has 0 saturated carbocycles. The predicted molar refractivity (Wildman–Crippen MR) is 55.6 cm³/mol. The predicted octanol–water partition coefficient (Wildman–Crippen LogP) is 1.67. The Hall–Kier alpha value is -1.75. The van der Waals surface area contributed by atoms with Crippen LogP contribution in [0, 0.1) is 11.6 Å². The normalized spacial score (nSPS) is 10.7. The number of hydrogen-bond donors (Lipinski definition) is 1. The van der Waals surface area contributed by atoms with E-state index in [1.54, 1.807) is 12.3 Å². The van der Waals surface area contributed by atoms with E-state index in [2.05, 4.69) is 5.10 Å². The first-order valence-electron chi connectivity index (χ1n) is 4.86. The molecule has 16 heavy (non-hydrogen) atoms. The van der Waals surface area contributed by atoms with Gasteiger partial charge in [0.1, 0.15) is 11.6 Å². The SMILES string of the molecule is NCc1ccnn1Cc1c(F)cccc1F. The van der Waals surface area contributed by atoms with Crippen molar-refractivity contribution in [3.8, 4) is 0 Å². The quantitative estimate of drug-likeness (QED) is 0.860. The highest BCUT2D eigenvalue weighted by molar-refractivity contribution is 5.20. The Labute approximate surface area is 91.5 Å². The molecule has 0 unspecified atom stereocenters. The third-order valence-electron chi connectivity index (χ3n) is 2.38. The summed E-state index contributed by atoms with van der Waals surface area (Å²) in [7, 11) is 0. The molecule has 0 bridgehead atoms. The smallest absolute Gasteiger partial charge is 0.131 e. The maximum absolute atomic E-state index is 13.4. The van der Waals surface area contributed by atoms with E-state index in [1.165, 1.54) is 22.9 Å². The lowest BCUT2D eigenvalue weighted by atomic mass is 10.2. The molecule has 0 atom stereocenters. The van der Waals surface area contributed by atoms with E-state index in [9.17, 15) is 8.78 Å². The molecule has 0 amide bonds. The summed E-state index contributed by atoms with van der Waals surface area (Å²) in [4.78, 5) is 0. The van der Waals surface area contributed by atoms with Crippen LogP contribution in [0.3, 0.4) is 0 Å². The number of benzene rings is 1. The molecule has 0 aliphatic heterocycles. The minimum absolute atomic E-state index is 0.000833. The summed E-state index contributed by atoms with van der Waals surface area (Å²) >= 11 is 0. The van der Waals surface area contributed by atoms with Gasteiger partial charge in [0, 0.05) is 18.3 Å². The van der Waals surface area contributed by atoms with Crippen LogP contribution < -0.4 is 5.73 Å². The third-order valence-corrected chi connectivity index (χ3v) is 2.38. The molecule has 0 fully saturated rings. The number of nitrogens with two attached hydrogens (primary N) is 1. The number of nitrogens with zero attached hydrogens (tertiary/aromatic N) is 2. The Morgan fingerprint density at radius 3 is 2.50 bits per heavy atom. The summed E-state index contributed by atoms with van der Waals surface area (Å²) in [6.45, 7) is 0.341. The summed E-state index contributed by atoms with van der Waals surface area (Å²) in [6, 6.07) is 5.51. The van der Waals surface area contributed by atoms with Crippen LogP contribution in [-0.4, -0.2) is 9.78 Å². The standard InChI is InChI=1S/C11H11F2N3/c12-10-2-1-3-11(13)9(10)7-16-8(6-14)4-5-15-16/h1-5H,6-7,14H2. The van der Waals surface area contributed by atoms with Crippen LogP contribution >= 0.6 is 0 Å². The lowest BCUT2D eigenvalue weighted by Gasteiger charge is -2.07. The van der Waals surface area contributed by atoms with Crippen molar-refractivity contribution in [1.29, 1.82) is 0 Å². The van der Waals surface area contributed by atoms with Gasteiger partial charge < -0.3 is 5.73 Å². The minimum Gasteiger partial charge on any atom is -0.325 e. The highest BCUT2D eigenvalue weighted by atomic mass is 19.1. The summed E-state index contributed by atoms with van der Waals surface area (Å²) in [5, 5.41) is 3.97. The zero-order chi connectivity index (χ0) is 11.5. The van der Waals surface area contributed by atoms with Gasteiger partial charge >= 0.3 is 0 Å². The summed E-state index contributed by atoms with van der Waals surface area (Å²) < 4.78 is 28.2. The Morgan fingerprint density at radius 2 is 1.88 bits per heavy atom. The van der Waals surface area contributed by atoms with Crippen LogP contribution in [0.15, 0.2) is 30.5 Å². The molecule has 0 saturated heterocycles. The first-order chi connectivity index (χ1) is 7.72. The van der Waals surface area contributed by atoms with Gasteiger partial charge in [0.15, 0.2) is 0 Å². The van der Waals surface area contributed by atoms with Gasteiger partial charge in [0.25, 0.3) is 0 Å². The van der Waals surface area contributed by atoms with Crippen molar-refractivity contribution in [1.82, 2.24) is 9.78 Å². The molecular weight excluding hydrogens is 212 g/mol. The fraction of sp³-hybridized carbons (Fsp3) is 0.182. The zero-order valence-corrected chi connectivity index (χ0v) is 8.53. The van der Waals surface area contributed by atoms with Crippen LogP contribution in [0.1, 0.15) is 11.3 Å². The van der Waals surface area contributed by atoms with Crippen molar-refractivity contribution >= 4 is 0 Å². The fourth-order valence-electron chi connectivity index (χ4n) is 1.51. The highest BCUT2D eigenvalue weighted by Gasteiger charge is 2.10. The maximum Gasteiger partial charge on any atom is 0.131 e. The van der Waals surface area contributed by atoms with Crippen LogP contribution in [0.4, 0.5) is 8.78 Å². The van der Waals surface area contributed by atoms with Crippen molar-refractivity contribution in [3.63, 3.8) is 0 Å². The van der Waals surface area contributed by atoms with Crippen molar-refractivity contribution in [2.75, 3.05) is 0 Å². The first kappa shape index (κ1) is 10.8. The molecule has 0 radical (unpaired) electrons. The van der Waals surface area contributed by atoms with Crippen LogP contribution in [-0.2, 0) is 13.1 Å². The molecule has 3 nitrogen and oxygen atoms in total. The first-order valence-corrected chi connectivity index (χ1v) is 4.86. The third kappa shape index (κ3) is 1.94. The van der Waals surface area contributed by atoms with Gasteiger partial charge in [-0.25, -0.2) is 8.78 Å².